The molecule has 0 saturated carbocycles. The van der Waals surface area contributed by atoms with E-state index in [0.717, 1.165) is 5.56 Å². The van der Waals surface area contributed by atoms with E-state index in [1.165, 1.54) is 30.5 Å². The minimum absolute atomic E-state index is 0.0564. The summed E-state index contributed by atoms with van der Waals surface area (Å²) in [6.45, 7) is 2.66. The molecule has 0 bridgehead atoms. The number of anilines is 2. The fraction of sp³-hybridized carbons (Fsp3) is 0.227. The van der Waals surface area contributed by atoms with Gasteiger partial charge in [-0.25, -0.2) is 9.18 Å². The van der Waals surface area contributed by atoms with Crippen molar-refractivity contribution in [1.82, 2.24) is 9.88 Å². The Morgan fingerprint density at radius 2 is 2.06 bits per heavy atom. The summed E-state index contributed by atoms with van der Waals surface area (Å²) in [7, 11) is 1.55. The van der Waals surface area contributed by atoms with Gasteiger partial charge in [-0.1, -0.05) is 6.07 Å². The lowest BCUT2D eigenvalue weighted by atomic mass is 10.2. The molecule has 2 heterocycles. The van der Waals surface area contributed by atoms with Crippen molar-refractivity contribution in [3.05, 3.63) is 77.8 Å². The van der Waals surface area contributed by atoms with Crippen LogP contribution in [0.1, 0.15) is 21.7 Å². The molecular weight excluding hydrogens is 403 g/mol. The van der Waals surface area contributed by atoms with E-state index in [-0.39, 0.29) is 5.69 Å². The van der Waals surface area contributed by atoms with Gasteiger partial charge in [0.25, 0.3) is 5.91 Å². The van der Waals surface area contributed by atoms with Gasteiger partial charge in [0, 0.05) is 38.3 Å². The molecule has 8 nitrogen and oxygen atoms in total. The van der Waals surface area contributed by atoms with Gasteiger partial charge >= 0.3 is 6.03 Å². The number of aryl methyl sites for hydroxylation is 1. The zero-order chi connectivity index (χ0) is 22.2. The van der Waals surface area contributed by atoms with Crippen LogP contribution >= 0.6 is 0 Å². The number of halogens is 1. The van der Waals surface area contributed by atoms with Crippen molar-refractivity contribution in [2.24, 2.45) is 0 Å². The third-order valence-electron chi connectivity index (χ3n) is 4.52. The maximum absolute atomic E-state index is 14.2. The highest BCUT2D eigenvalue weighted by Crippen LogP contribution is 2.22. The molecule has 0 aliphatic heterocycles. The first-order valence-electron chi connectivity index (χ1n) is 9.56. The smallest absolute Gasteiger partial charge is 0.322 e. The molecule has 162 valence electrons. The van der Waals surface area contributed by atoms with Gasteiger partial charge in [-0.15, -0.1) is 0 Å². The highest BCUT2D eigenvalue weighted by Gasteiger charge is 2.17. The second-order valence-corrected chi connectivity index (χ2v) is 6.74. The minimum Gasteiger partial charge on any atom is -0.469 e. The zero-order valence-electron chi connectivity index (χ0n) is 17.2. The molecule has 3 amide bonds. The van der Waals surface area contributed by atoms with Gasteiger partial charge in [-0.2, -0.15) is 0 Å². The number of ether oxygens (including phenoxy) is 1. The van der Waals surface area contributed by atoms with Crippen LogP contribution in [0, 0.1) is 12.7 Å². The molecule has 3 rings (SSSR count). The molecule has 2 aromatic heterocycles. The van der Waals surface area contributed by atoms with Crippen LogP contribution in [0.3, 0.4) is 0 Å². The van der Waals surface area contributed by atoms with Crippen LogP contribution < -0.4 is 10.6 Å². The number of hydrogen-bond acceptors (Lipinski definition) is 5. The van der Waals surface area contributed by atoms with E-state index in [1.54, 1.807) is 37.4 Å². The van der Waals surface area contributed by atoms with Crippen molar-refractivity contribution in [2.45, 2.75) is 13.5 Å². The Balaban J connectivity index is 1.72. The number of nitrogens with one attached hydrogen (secondary N) is 2. The molecule has 0 atom stereocenters. The molecule has 1 aromatic carbocycles. The number of amides is 3. The van der Waals surface area contributed by atoms with Crippen LogP contribution in [-0.2, 0) is 11.3 Å². The predicted molar refractivity (Wildman–Crippen MR) is 113 cm³/mol. The Morgan fingerprint density at radius 3 is 2.74 bits per heavy atom. The van der Waals surface area contributed by atoms with Crippen molar-refractivity contribution in [3.63, 3.8) is 0 Å². The second-order valence-electron chi connectivity index (χ2n) is 6.74. The number of furan rings is 1. The quantitative estimate of drug-likeness (QED) is 0.566. The average Bonchev–Trinajstić information content (AvgIpc) is 3.20. The van der Waals surface area contributed by atoms with Gasteiger partial charge in [0.05, 0.1) is 24.1 Å². The summed E-state index contributed by atoms with van der Waals surface area (Å²) in [4.78, 5) is 30.8. The third kappa shape index (κ3) is 5.89. The summed E-state index contributed by atoms with van der Waals surface area (Å²) in [6.07, 6.45) is 4.72. The number of hydrogen-bond donors (Lipinski definition) is 2. The molecule has 0 unspecified atom stereocenters. The first kappa shape index (κ1) is 22.0. The summed E-state index contributed by atoms with van der Waals surface area (Å²) in [6, 6.07) is 8.72. The van der Waals surface area contributed by atoms with E-state index in [1.807, 2.05) is 6.07 Å². The van der Waals surface area contributed by atoms with Crippen molar-refractivity contribution >= 4 is 23.3 Å². The fourth-order valence-corrected chi connectivity index (χ4v) is 2.88. The Bertz CT molecular complexity index is 1040. The number of urea groups is 1. The van der Waals surface area contributed by atoms with Crippen molar-refractivity contribution in [3.8, 4) is 0 Å². The van der Waals surface area contributed by atoms with Crippen LogP contribution in [0.2, 0.25) is 0 Å². The lowest BCUT2D eigenvalue weighted by Gasteiger charge is -2.23. The molecule has 3 aromatic rings. The number of benzene rings is 1. The SMILES string of the molecule is COCCN(Cc1cccnc1)C(=O)Nc1ccc(F)c(NC(=O)c2ccoc2C)c1. The molecule has 0 radical (unpaired) electrons. The highest BCUT2D eigenvalue weighted by atomic mass is 19.1. The number of pyridine rings is 1. The predicted octanol–water partition coefficient (Wildman–Crippen LogP) is 4.05. The van der Waals surface area contributed by atoms with Gasteiger partial charge in [0.15, 0.2) is 0 Å². The summed E-state index contributed by atoms with van der Waals surface area (Å²) in [5.41, 5.74) is 1.44. The molecule has 0 spiro atoms. The van der Waals surface area contributed by atoms with E-state index < -0.39 is 17.8 Å². The number of methoxy groups -OCH3 is 1. The number of carbonyl (C=O) groups excluding carboxylic acids is 2. The van der Waals surface area contributed by atoms with Crippen molar-refractivity contribution in [2.75, 3.05) is 30.9 Å². The number of nitrogens with zero attached hydrogens (tertiary/aromatic N) is 2. The molecular formula is C22H23FN4O4. The molecule has 0 aliphatic carbocycles. The van der Waals surface area contributed by atoms with E-state index in [4.69, 9.17) is 9.15 Å². The number of aromatic nitrogens is 1. The van der Waals surface area contributed by atoms with E-state index in [2.05, 4.69) is 15.6 Å². The Kier molecular flexibility index (Phi) is 7.34. The fourth-order valence-electron chi connectivity index (χ4n) is 2.88. The monoisotopic (exact) mass is 426 g/mol. The van der Waals surface area contributed by atoms with Gasteiger partial charge < -0.3 is 24.7 Å². The Morgan fingerprint density at radius 1 is 1.23 bits per heavy atom. The topological polar surface area (TPSA) is 96.7 Å². The van der Waals surface area contributed by atoms with Gasteiger partial charge in [0.1, 0.15) is 11.6 Å². The number of rotatable bonds is 8. The van der Waals surface area contributed by atoms with Gasteiger partial charge in [-0.05, 0) is 42.8 Å². The number of carbonyl (C=O) groups is 2. The first-order chi connectivity index (χ1) is 15.0. The van der Waals surface area contributed by atoms with Gasteiger partial charge in [-0.3, -0.25) is 9.78 Å². The molecule has 2 N–H and O–H groups in total. The third-order valence-corrected chi connectivity index (χ3v) is 4.52. The van der Waals surface area contributed by atoms with E-state index >= 15 is 0 Å². The first-order valence-corrected chi connectivity index (χ1v) is 9.56. The van der Waals surface area contributed by atoms with Crippen LogP contribution in [0.25, 0.3) is 0 Å². The largest absolute Gasteiger partial charge is 0.469 e. The minimum atomic E-state index is -0.626. The zero-order valence-corrected chi connectivity index (χ0v) is 17.2. The summed E-state index contributed by atoms with van der Waals surface area (Å²) >= 11 is 0. The molecule has 0 aliphatic rings. The summed E-state index contributed by atoms with van der Waals surface area (Å²) in [5, 5.41) is 5.24. The van der Waals surface area contributed by atoms with Gasteiger partial charge in [0.2, 0.25) is 0 Å². The van der Waals surface area contributed by atoms with Crippen molar-refractivity contribution < 1.29 is 23.1 Å². The molecule has 31 heavy (non-hydrogen) atoms. The summed E-state index contributed by atoms with van der Waals surface area (Å²) < 4.78 is 24.4. The Hall–Kier alpha value is -3.72. The molecule has 0 saturated heterocycles. The second kappa shape index (κ2) is 10.4. The summed E-state index contributed by atoms with van der Waals surface area (Å²) in [5.74, 6) is -0.711. The maximum Gasteiger partial charge on any atom is 0.322 e. The Labute approximate surface area is 179 Å². The van der Waals surface area contributed by atoms with E-state index in [0.29, 0.717) is 36.7 Å². The van der Waals surface area contributed by atoms with Crippen LogP contribution in [0.15, 0.2) is 59.5 Å². The standard InChI is InChI=1S/C22H23FN4O4/c1-15-18(7-10-31-15)21(28)26-20-12-17(5-6-19(20)23)25-22(29)27(9-11-30-2)14-16-4-3-8-24-13-16/h3-8,10,12-13H,9,11,14H2,1-2H3,(H,25,29)(H,26,28). The average molecular weight is 426 g/mol. The maximum atomic E-state index is 14.2. The molecule has 0 fully saturated rings. The highest BCUT2D eigenvalue weighted by molar-refractivity contribution is 6.05. The van der Waals surface area contributed by atoms with Crippen molar-refractivity contribution in [1.29, 1.82) is 0 Å². The van der Waals surface area contributed by atoms with Crippen LogP contribution in [0.5, 0.6) is 0 Å². The van der Waals surface area contributed by atoms with E-state index in [9.17, 15) is 14.0 Å². The van der Waals surface area contributed by atoms with Crippen LogP contribution in [-0.4, -0.2) is 42.1 Å². The lowest BCUT2D eigenvalue weighted by Crippen LogP contribution is -2.36. The van der Waals surface area contributed by atoms with Crippen LogP contribution in [0.4, 0.5) is 20.6 Å². The lowest BCUT2D eigenvalue weighted by molar-refractivity contribution is 0.102. The molecule has 9 heteroatoms. The normalized spacial score (nSPS) is 10.5.